The Labute approximate surface area is 522 Å². The van der Waals surface area contributed by atoms with Crippen LogP contribution in [0.2, 0.25) is 0 Å². The Kier molecular flexibility index (Phi) is 18.4. The van der Waals surface area contributed by atoms with Crippen molar-refractivity contribution in [2.75, 3.05) is 6.61 Å². The second kappa shape index (κ2) is 24.8. The SMILES string of the molecule is Brc1ccc2c(c1)Cc1nc3c(nc1-2)Cc1cc(Br)ccc1-3.CC1(C)c2cc(Br)ccc2-c2nc3c(nc21)-c1ccc(Br)cc1C3(C)C.CCCCCON=O.O=C1/C(=N\O)Cc2cc(Br)ccc21.O=C1CCc2cc(Br)ccc21.[CH3-]. The van der Waals surface area contributed by atoms with Crippen LogP contribution in [0.5, 0.6) is 0 Å². The van der Waals surface area contributed by atoms with E-state index in [9.17, 15) is 14.5 Å². The van der Waals surface area contributed by atoms with Gasteiger partial charge in [0.15, 0.2) is 11.1 Å². The monoisotopic (exact) mass is 1460 g/mol. The number of unbranched alkanes of at least 4 members (excludes halogenated alkanes) is 2. The second-order valence-electron chi connectivity index (χ2n) is 21.2. The molecular weight excluding hydrogens is 1410 g/mol. The van der Waals surface area contributed by atoms with E-state index >= 15 is 0 Å². The molecule has 414 valence electrons. The minimum atomic E-state index is -0.176. The lowest BCUT2D eigenvalue weighted by molar-refractivity contribution is 0.0993. The Morgan fingerprint density at radius 1 is 0.506 bits per heavy atom. The lowest BCUT2D eigenvalue weighted by Crippen LogP contribution is -2.20. The molecule has 0 saturated heterocycles. The summed E-state index contributed by atoms with van der Waals surface area (Å²) in [6, 6.07) is 37.0. The minimum absolute atomic E-state index is 0. The number of ketones is 2. The highest BCUT2D eigenvalue weighted by Gasteiger charge is 2.44. The van der Waals surface area contributed by atoms with E-state index in [0.29, 0.717) is 25.0 Å². The number of benzene rings is 6. The molecule has 0 saturated carbocycles. The minimum Gasteiger partial charge on any atom is -0.411 e. The molecule has 6 aromatic carbocycles. The Hall–Kier alpha value is -5.43. The zero-order valence-electron chi connectivity index (χ0n) is 45.3. The third-order valence-electron chi connectivity index (χ3n) is 15.2. The molecule has 2 aromatic heterocycles. The molecule has 14 rings (SSSR count). The van der Waals surface area contributed by atoms with Gasteiger partial charge >= 0.3 is 0 Å². The summed E-state index contributed by atoms with van der Waals surface area (Å²) in [7, 11) is 0. The zero-order valence-corrected chi connectivity index (χ0v) is 54.8. The molecule has 0 fully saturated rings. The number of oxime groups is 1. The standard InChI is InChI=1S/C22H18Br2N2.C18H10Br2N2.C9H6BrNO2.C9H7BrO.C5H11NO2.CH3/c1-21(2)15-9-11(23)5-7-13(15)17-19(21)25-18-14-8-6-12(24)10-16(14)22(3,4)20(18)26-17;19-11-1-3-13-9(5-11)7-15-17(13)21-16-8-10-6-12(20)2-4-14(10)18(16)22-15;10-6-1-2-7-5(3-6)4-8(11-13)9(7)12;10-7-2-3-8-6(5-7)1-4-9(8)11;1-2-3-4-5-8-6-7;/h5-10H,1-4H3;1-6H,7-8H2;1-3,13H,4H2;2-3,5H,1,4H2;2-5H2,1H3;1H3/q;;;;;-1/b;;11-8-;;;. The molecule has 6 aliphatic rings. The number of Topliss-reactive ketones (excluding diaryl/α,β-unsaturated/α-hetero) is 2. The predicted molar refractivity (Wildman–Crippen MR) is 342 cm³/mol. The lowest BCUT2D eigenvalue weighted by atomic mass is 9.85. The highest BCUT2D eigenvalue weighted by atomic mass is 79.9. The predicted octanol–water partition coefficient (Wildman–Crippen LogP) is 18.7. The van der Waals surface area contributed by atoms with Crippen molar-refractivity contribution in [2.45, 2.75) is 96.8 Å². The molecule has 8 aromatic rings. The zero-order chi connectivity index (χ0) is 56.8. The van der Waals surface area contributed by atoms with Crippen molar-refractivity contribution in [1.29, 1.82) is 0 Å². The number of carbonyl (C=O) groups excluding carboxylic acids is 2. The molecule has 6 aliphatic carbocycles. The lowest BCUT2D eigenvalue weighted by Gasteiger charge is -2.22. The number of hydrogen-bond donors (Lipinski definition) is 1. The van der Waals surface area contributed by atoms with E-state index in [4.69, 9.17) is 25.1 Å². The first kappa shape index (κ1) is 60.2. The van der Waals surface area contributed by atoms with E-state index in [2.05, 4.69) is 218 Å². The third kappa shape index (κ3) is 12.0. The molecule has 17 heteroatoms. The largest absolute Gasteiger partial charge is 0.411 e. The van der Waals surface area contributed by atoms with Crippen LogP contribution in [0.25, 0.3) is 45.0 Å². The maximum atomic E-state index is 11.4. The number of fused-ring (bicyclic) bond motifs is 14. The summed E-state index contributed by atoms with van der Waals surface area (Å²) >= 11 is 21.0. The molecule has 0 bridgehead atoms. The van der Waals surface area contributed by atoms with Crippen LogP contribution in [0, 0.1) is 12.3 Å². The normalized spacial score (nSPS) is 15.1. The van der Waals surface area contributed by atoms with Crippen molar-refractivity contribution >= 4 is 113 Å². The van der Waals surface area contributed by atoms with Crippen molar-refractivity contribution in [3.8, 4) is 45.0 Å². The number of carbonyl (C=O) groups is 2. The van der Waals surface area contributed by atoms with Crippen molar-refractivity contribution in [3.05, 3.63) is 216 Å². The summed E-state index contributed by atoms with van der Waals surface area (Å²) in [6.45, 7) is 11.5. The molecule has 0 radical (unpaired) electrons. The van der Waals surface area contributed by atoms with Gasteiger partial charge in [-0.2, -0.15) is 0 Å². The quantitative estimate of drug-likeness (QED) is 0.0582. The fraction of sp³-hybridized carbons (Fsp3) is 0.250. The van der Waals surface area contributed by atoms with E-state index < -0.39 is 0 Å². The number of nitrogens with zero attached hydrogens (tertiary/aromatic N) is 6. The van der Waals surface area contributed by atoms with E-state index in [1.807, 2.05) is 24.3 Å². The Morgan fingerprint density at radius 3 is 1.36 bits per heavy atom. The molecule has 81 heavy (non-hydrogen) atoms. The highest BCUT2D eigenvalue weighted by Crippen LogP contribution is 2.53. The maximum absolute atomic E-state index is 11.4. The Morgan fingerprint density at radius 2 is 0.914 bits per heavy atom. The van der Waals surface area contributed by atoms with Gasteiger partial charge in [0.05, 0.1) is 45.6 Å². The summed E-state index contributed by atoms with van der Waals surface area (Å²) in [4.78, 5) is 56.4. The summed E-state index contributed by atoms with van der Waals surface area (Å²) in [6.07, 6.45) is 6.94. The first-order valence-corrected chi connectivity index (χ1v) is 30.9. The maximum Gasteiger partial charge on any atom is 0.211 e. The van der Waals surface area contributed by atoms with Crippen LogP contribution in [0.3, 0.4) is 0 Å². The van der Waals surface area contributed by atoms with Gasteiger partial charge in [0.25, 0.3) is 0 Å². The first-order valence-electron chi connectivity index (χ1n) is 26.1. The van der Waals surface area contributed by atoms with Crippen LogP contribution >= 0.6 is 95.6 Å². The van der Waals surface area contributed by atoms with Crippen molar-refractivity contribution in [1.82, 2.24) is 19.9 Å². The first-order chi connectivity index (χ1) is 38.3. The van der Waals surface area contributed by atoms with E-state index in [1.54, 1.807) is 12.1 Å². The molecule has 1 N–H and O–H groups in total. The van der Waals surface area contributed by atoms with Gasteiger partial charge in [0.2, 0.25) is 5.78 Å². The van der Waals surface area contributed by atoms with Gasteiger partial charge in [-0.25, -0.2) is 19.9 Å². The fourth-order valence-corrected chi connectivity index (χ4v) is 13.5. The Balaban J connectivity index is 0.000000130. The number of hydrogen-bond acceptors (Lipinski definition) is 11. The van der Waals surface area contributed by atoms with Crippen LogP contribution in [0.15, 0.2) is 147 Å². The molecule has 0 atom stereocenters. The van der Waals surface area contributed by atoms with Gasteiger partial charge in [-0.05, 0) is 125 Å². The van der Waals surface area contributed by atoms with Crippen molar-refractivity contribution in [3.63, 3.8) is 0 Å². The van der Waals surface area contributed by atoms with Gasteiger partial charge in [0, 0.05) is 96.7 Å². The molecule has 0 spiro atoms. The van der Waals surface area contributed by atoms with Crippen LogP contribution in [0.1, 0.15) is 137 Å². The van der Waals surface area contributed by atoms with Gasteiger partial charge in [-0.1, -0.05) is 179 Å². The summed E-state index contributed by atoms with van der Waals surface area (Å²) in [5.41, 5.74) is 22.2. The van der Waals surface area contributed by atoms with Gasteiger partial charge in [-0.3, -0.25) is 9.59 Å². The van der Waals surface area contributed by atoms with E-state index in [-0.39, 0.29) is 35.5 Å². The van der Waals surface area contributed by atoms with Gasteiger partial charge in [0.1, 0.15) is 12.3 Å². The smallest absolute Gasteiger partial charge is 0.211 e. The molecule has 0 amide bonds. The van der Waals surface area contributed by atoms with E-state index in [1.165, 1.54) is 50.1 Å². The second-order valence-corrected chi connectivity index (χ2v) is 26.7. The number of halogens is 6. The van der Waals surface area contributed by atoms with Crippen LogP contribution in [0.4, 0.5) is 0 Å². The van der Waals surface area contributed by atoms with Crippen molar-refractivity contribution in [2.24, 2.45) is 10.5 Å². The molecule has 0 aliphatic heterocycles. The summed E-state index contributed by atoms with van der Waals surface area (Å²) in [5, 5.41) is 13.8. The van der Waals surface area contributed by atoms with Crippen molar-refractivity contribution < 1.29 is 19.6 Å². The third-order valence-corrected chi connectivity index (χ3v) is 18.2. The number of aromatic nitrogens is 4. The molecule has 2 heterocycles. The Bertz CT molecular complexity index is 3710. The average molecular weight is 1470 g/mol. The highest BCUT2D eigenvalue weighted by molar-refractivity contribution is 9.11. The van der Waals surface area contributed by atoms with Crippen LogP contribution < -0.4 is 0 Å². The fourth-order valence-electron chi connectivity index (χ4n) is 11.1. The topological polar surface area (TPSA) is 157 Å². The number of aryl methyl sites for hydroxylation is 1. The van der Waals surface area contributed by atoms with Gasteiger partial charge in [-0.15, -0.1) is 4.91 Å². The number of rotatable bonds is 5. The summed E-state index contributed by atoms with van der Waals surface area (Å²) in [5.74, 6) is 0.109. The van der Waals surface area contributed by atoms with Gasteiger partial charge < -0.3 is 17.5 Å². The molecule has 11 nitrogen and oxygen atoms in total. The van der Waals surface area contributed by atoms with Crippen LogP contribution in [-0.2, 0) is 41.4 Å². The van der Waals surface area contributed by atoms with Crippen LogP contribution in [-0.4, -0.2) is 49.0 Å². The van der Waals surface area contributed by atoms with E-state index in [0.717, 1.165) is 122 Å². The molecular formula is C64H55Br6N6O5-. The average Bonchev–Trinajstić information content (AvgIpc) is 4.29. The molecule has 0 unspecified atom stereocenters. The summed E-state index contributed by atoms with van der Waals surface area (Å²) < 4.78 is 6.41.